The number of thiophene rings is 1. The summed E-state index contributed by atoms with van der Waals surface area (Å²) in [7, 11) is 0. The van der Waals surface area contributed by atoms with Gasteiger partial charge in [0.1, 0.15) is 5.60 Å². The third-order valence-electron chi connectivity index (χ3n) is 4.20. The minimum atomic E-state index is -1.00. The molecule has 0 aromatic carbocycles. The second-order valence-corrected chi connectivity index (χ2v) is 7.58. The maximum Gasteiger partial charge on any atom is 0.407 e. The highest BCUT2D eigenvalue weighted by Crippen LogP contribution is 2.32. The molecule has 1 fully saturated rings. The number of hydrogen-bond acceptors (Lipinski definition) is 5. The van der Waals surface area contributed by atoms with E-state index in [2.05, 4.69) is 20.9 Å². The molecule has 0 bridgehead atoms. The molecule has 1 aliphatic carbocycles. The summed E-state index contributed by atoms with van der Waals surface area (Å²) >= 11 is 1.52. The number of ether oxygens (including phenoxy) is 1. The van der Waals surface area contributed by atoms with Crippen LogP contribution in [0, 0.1) is 5.92 Å². The Bertz CT molecular complexity index is 591. The first-order valence-electron chi connectivity index (χ1n) is 9.18. The molecule has 2 unspecified atom stereocenters. The lowest BCUT2D eigenvalue weighted by Crippen LogP contribution is -2.48. The molecular weight excluding hydrogens is 479 g/mol. The van der Waals surface area contributed by atoms with E-state index in [1.54, 1.807) is 13.8 Å². The Balaban J connectivity index is 0.00000364. The lowest BCUT2D eigenvalue weighted by atomic mass is 10.1. The zero-order valence-corrected chi connectivity index (χ0v) is 19.3. The van der Waals surface area contributed by atoms with Gasteiger partial charge in [-0.2, -0.15) is 0 Å². The molecule has 1 aromatic rings. The van der Waals surface area contributed by atoms with Crippen molar-refractivity contribution in [2.75, 3.05) is 26.2 Å². The van der Waals surface area contributed by atoms with Gasteiger partial charge in [0.15, 0.2) is 5.96 Å². The molecule has 7 nitrogen and oxygen atoms in total. The summed E-state index contributed by atoms with van der Waals surface area (Å²) < 4.78 is 4.98. The van der Waals surface area contributed by atoms with Crippen LogP contribution in [-0.4, -0.2) is 49.4 Å². The minimum Gasteiger partial charge on any atom is -0.450 e. The Morgan fingerprint density at radius 1 is 1.44 bits per heavy atom. The number of aliphatic imine (C=N–C) groups is 1. The van der Waals surface area contributed by atoms with E-state index in [0.717, 1.165) is 17.7 Å². The standard InChI is InChI=1S/C18H30N4O3S.HI/c1-4-19-16(21-12-18(3,24)15-7-6-10-26-15)20-11-14(13-8-9-13)22-17(23)25-5-2;/h6-7,10,13-14,24H,4-5,8-9,11-12H2,1-3H3,(H,22,23)(H2,19,20,21);1H. The second kappa shape index (κ2) is 11.7. The first-order chi connectivity index (χ1) is 12.5. The highest BCUT2D eigenvalue weighted by molar-refractivity contribution is 14.0. The summed E-state index contributed by atoms with van der Waals surface area (Å²) in [5.41, 5.74) is -1.00. The molecule has 1 saturated carbocycles. The largest absolute Gasteiger partial charge is 0.450 e. The third kappa shape index (κ3) is 8.22. The van der Waals surface area contributed by atoms with Gasteiger partial charge >= 0.3 is 6.09 Å². The number of aliphatic hydroxyl groups is 1. The fourth-order valence-corrected chi connectivity index (χ4v) is 3.38. The maximum atomic E-state index is 11.7. The number of halogens is 1. The Hall–Kier alpha value is -1.07. The predicted octanol–water partition coefficient (Wildman–Crippen LogP) is 2.65. The topological polar surface area (TPSA) is 95.0 Å². The summed E-state index contributed by atoms with van der Waals surface area (Å²) in [4.78, 5) is 17.1. The van der Waals surface area contributed by atoms with E-state index in [1.807, 2.05) is 24.4 Å². The van der Waals surface area contributed by atoms with Gasteiger partial charge in [-0.1, -0.05) is 6.07 Å². The summed E-state index contributed by atoms with van der Waals surface area (Å²) in [5, 5.41) is 21.9. The Morgan fingerprint density at radius 3 is 2.74 bits per heavy atom. The van der Waals surface area contributed by atoms with Crippen LogP contribution in [0.25, 0.3) is 0 Å². The lowest BCUT2D eigenvalue weighted by molar-refractivity contribution is 0.0711. The second-order valence-electron chi connectivity index (χ2n) is 6.64. The number of carbonyl (C=O) groups excluding carboxylic acids is 1. The van der Waals surface area contributed by atoms with E-state index >= 15 is 0 Å². The molecule has 2 atom stereocenters. The molecule has 4 N–H and O–H groups in total. The van der Waals surface area contributed by atoms with Crippen LogP contribution >= 0.6 is 35.3 Å². The summed E-state index contributed by atoms with van der Waals surface area (Å²) in [6, 6.07) is 3.84. The number of guanidine groups is 1. The van der Waals surface area contributed by atoms with Crippen LogP contribution in [0.1, 0.15) is 38.5 Å². The van der Waals surface area contributed by atoms with E-state index < -0.39 is 5.60 Å². The van der Waals surface area contributed by atoms with Crippen molar-refractivity contribution in [3.8, 4) is 0 Å². The third-order valence-corrected chi connectivity index (χ3v) is 5.32. The zero-order valence-electron chi connectivity index (χ0n) is 16.2. The summed E-state index contributed by atoms with van der Waals surface area (Å²) in [6.07, 6.45) is 1.84. The average molecular weight is 510 g/mol. The van der Waals surface area contributed by atoms with E-state index in [0.29, 0.717) is 31.6 Å². The van der Waals surface area contributed by atoms with E-state index in [-0.39, 0.29) is 42.7 Å². The molecule has 1 amide bonds. The quantitative estimate of drug-likeness (QED) is 0.233. The van der Waals surface area contributed by atoms with Crippen LogP contribution in [0.4, 0.5) is 4.79 Å². The van der Waals surface area contributed by atoms with Crippen molar-refractivity contribution in [2.45, 2.75) is 45.3 Å². The van der Waals surface area contributed by atoms with E-state index in [4.69, 9.17) is 4.74 Å². The molecule has 1 aromatic heterocycles. The van der Waals surface area contributed by atoms with E-state index in [1.165, 1.54) is 11.3 Å². The molecule has 2 rings (SSSR count). The first kappa shape index (κ1) is 24.0. The van der Waals surface area contributed by atoms with Crippen LogP contribution in [0.3, 0.4) is 0 Å². The smallest absolute Gasteiger partial charge is 0.407 e. The van der Waals surface area contributed by atoms with E-state index in [9.17, 15) is 9.90 Å². The van der Waals surface area contributed by atoms with Crippen LogP contribution in [0.2, 0.25) is 0 Å². The number of rotatable bonds is 9. The number of alkyl carbamates (subject to hydrolysis) is 1. The van der Waals surface area contributed by atoms with Gasteiger partial charge in [0, 0.05) is 18.0 Å². The fraction of sp³-hybridized carbons (Fsp3) is 0.667. The highest BCUT2D eigenvalue weighted by atomic mass is 127. The predicted molar refractivity (Wildman–Crippen MR) is 120 cm³/mol. The lowest BCUT2D eigenvalue weighted by Gasteiger charge is -2.22. The summed E-state index contributed by atoms with van der Waals surface area (Å²) in [6.45, 7) is 7.44. The molecule has 0 saturated heterocycles. The minimum absolute atomic E-state index is 0. The Morgan fingerprint density at radius 2 is 2.19 bits per heavy atom. The molecule has 1 heterocycles. The van der Waals surface area contributed by atoms with Gasteiger partial charge in [-0.05, 0) is 51.0 Å². The average Bonchev–Trinajstić information content (AvgIpc) is 3.28. The van der Waals surface area contributed by atoms with Gasteiger partial charge in [0.05, 0.1) is 19.2 Å². The monoisotopic (exact) mass is 510 g/mol. The van der Waals surface area contributed by atoms with Gasteiger partial charge in [-0.15, -0.1) is 35.3 Å². The molecule has 1 aliphatic rings. The van der Waals surface area contributed by atoms with Crippen molar-refractivity contribution in [1.29, 1.82) is 0 Å². The van der Waals surface area contributed by atoms with Gasteiger partial charge in [0.2, 0.25) is 0 Å². The molecule has 0 spiro atoms. The fourth-order valence-electron chi connectivity index (χ4n) is 2.60. The van der Waals surface area contributed by atoms with Crippen molar-refractivity contribution in [3.63, 3.8) is 0 Å². The number of amides is 1. The zero-order chi connectivity index (χ0) is 19.0. The molecule has 0 radical (unpaired) electrons. The normalized spacial score (nSPS) is 17.3. The molecule has 9 heteroatoms. The summed E-state index contributed by atoms with van der Waals surface area (Å²) in [5.74, 6) is 1.10. The molecule has 27 heavy (non-hydrogen) atoms. The highest BCUT2D eigenvalue weighted by Gasteiger charge is 2.32. The molecule has 154 valence electrons. The van der Waals surface area contributed by atoms with Gasteiger partial charge in [-0.25, -0.2) is 9.79 Å². The van der Waals surface area contributed by atoms with Crippen molar-refractivity contribution in [2.24, 2.45) is 10.9 Å². The van der Waals surface area contributed by atoms with Gasteiger partial charge in [-0.3, -0.25) is 0 Å². The number of carbonyl (C=O) groups is 1. The van der Waals surface area contributed by atoms with Crippen molar-refractivity contribution >= 4 is 47.4 Å². The van der Waals surface area contributed by atoms with Crippen LogP contribution in [0.5, 0.6) is 0 Å². The van der Waals surface area contributed by atoms with Crippen molar-refractivity contribution < 1.29 is 14.6 Å². The van der Waals surface area contributed by atoms with Crippen LogP contribution in [-0.2, 0) is 10.3 Å². The maximum absolute atomic E-state index is 11.7. The number of hydrogen-bond donors (Lipinski definition) is 4. The van der Waals surface area contributed by atoms with Gasteiger partial charge in [0.25, 0.3) is 0 Å². The number of nitrogens with zero attached hydrogens (tertiary/aromatic N) is 1. The number of nitrogens with one attached hydrogen (secondary N) is 3. The van der Waals surface area contributed by atoms with Crippen molar-refractivity contribution in [1.82, 2.24) is 16.0 Å². The van der Waals surface area contributed by atoms with Crippen LogP contribution in [0.15, 0.2) is 22.5 Å². The van der Waals surface area contributed by atoms with Crippen LogP contribution < -0.4 is 16.0 Å². The van der Waals surface area contributed by atoms with Gasteiger partial charge < -0.3 is 25.8 Å². The van der Waals surface area contributed by atoms with Crippen molar-refractivity contribution in [3.05, 3.63) is 22.4 Å². The SMILES string of the molecule is CCNC(=NCC(C)(O)c1cccs1)NCC(NC(=O)OCC)C1CC1.I. The Labute approximate surface area is 182 Å². The molecular formula is C18H31IN4O3S. The Kier molecular flexibility index (Phi) is 10.4. The first-order valence-corrected chi connectivity index (χ1v) is 10.1. The molecule has 0 aliphatic heterocycles.